The molecule has 0 aliphatic carbocycles. The number of hydrogen-bond donors (Lipinski definition) is 1. The largest absolute Gasteiger partial charge is 0.384 e. The summed E-state index contributed by atoms with van der Waals surface area (Å²) >= 11 is 0. The van der Waals surface area contributed by atoms with Crippen LogP contribution in [0.4, 0.5) is 5.69 Å². The molecule has 1 aromatic carbocycles. The molecule has 0 saturated carbocycles. The van der Waals surface area contributed by atoms with Crippen LogP contribution in [0.15, 0.2) is 18.2 Å². The van der Waals surface area contributed by atoms with E-state index in [0.717, 1.165) is 6.54 Å². The van der Waals surface area contributed by atoms with Crippen molar-refractivity contribution in [1.29, 1.82) is 0 Å². The molecular weight excluding hydrogens is 146 g/mol. The Hall–Kier alpha value is -0.980. The van der Waals surface area contributed by atoms with Gasteiger partial charge in [0.2, 0.25) is 0 Å². The first-order valence-electron chi connectivity index (χ1n) is 4.64. The van der Waals surface area contributed by atoms with Crippen LogP contribution in [0.2, 0.25) is 0 Å². The van der Waals surface area contributed by atoms with E-state index in [4.69, 9.17) is 0 Å². The summed E-state index contributed by atoms with van der Waals surface area (Å²) in [6.45, 7) is 5.57. The normalized spacial score (nSPS) is 14.6. The molecule has 0 amide bonds. The van der Waals surface area contributed by atoms with E-state index in [-0.39, 0.29) is 1.43 Å². The van der Waals surface area contributed by atoms with Crippen LogP contribution in [0.25, 0.3) is 0 Å². The van der Waals surface area contributed by atoms with Gasteiger partial charge in [0.15, 0.2) is 0 Å². The summed E-state index contributed by atoms with van der Waals surface area (Å²) in [6.07, 6.45) is 1.19. The van der Waals surface area contributed by atoms with Gasteiger partial charge in [0.05, 0.1) is 0 Å². The van der Waals surface area contributed by atoms with Gasteiger partial charge in [-0.3, -0.25) is 0 Å². The average molecular weight is 163 g/mol. The zero-order valence-corrected chi connectivity index (χ0v) is 7.72. The van der Waals surface area contributed by atoms with Gasteiger partial charge in [-0.05, 0) is 29.5 Å². The molecule has 0 fully saturated rings. The Bertz CT molecular complexity index is 294. The fraction of sp³-hybridized carbons (Fsp3) is 0.455. The maximum Gasteiger partial charge on any atom is 0.0376 e. The summed E-state index contributed by atoms with van der Waals surface area (Å²) in [5.41, 5.74) is 4.25. The quantitative estimate of drug-likeness (QED) is 0.671. The van der Waals surface area contributed by atoms with Crippen molar-refractivity contribution in [2.75, 3.05) is 11.9 Å². The Morgan fingerprint density at radius 1 is 1.42 bits per heavy atom. The van der Waals surface area contributed by atoms with Crippen molar-refractivity contribution in [1.82, 2.24) is 0 Å². The lowest BCUT2D eigenvalue weighted by atomic mass is 10.0. The van der Waals surface area contributed by atoms with E-state index in [9.17, 15) is 0 Å². The number of rotatable bonds is 1. The molecule has 1 heteroatoms. The van der Waals surface area contributed by atoms with Gasteiger partial charge in [-0.2, -0.15) is 0 Å². The molecule has 1 nitrogen and oxygen atoms in total. The Morgan fingerprint density at radius 3 is 3.00 bits per heavy atom. The number of benzene rings is 1. The lowest BCUT2D eigenvalue weighted by molar-refractivity contribution is 0.867. The molecule has 0 aromatic heterocycles. The minimum atomic E-state index is 0. The van der Waals surface area contributed by atoms with Gasteiger partial charge in [0.25, 0.3) is 0 Å². The third kappa shape index (κ3) is 1.20. The molecule has 1 aliphatic rings. The first kappa shape index (κ1) is 7.66. The summed E-state index contributed by atoms with van der Waals surface area (Å²) in [5, 5.41) is 3.40. The maximum absolute atomic E-state index is 3.40. The Kier molecular flexibility index (Phi) is 1.80. The maximum atomic E-state index is 3.40. The van der Waals surface area contributed by atoms with Gasteiger partial charge < -0.3 is 5.32 Å². The predicted molar refractivity (Wildman–Crippen MR) is 54.8 cm³/mol. The van der Waals surface area contributed by atoms with Crippen LogP contribution in [0.3, 0.4) is 0 Å². The molecule has 1 aromatic rings. The molecule has 0 unspecified atom stereocenters. The topological polar surface area (TPSA) is 12.0 Å². The highest BCUT2D eigenvalue weighted by Gasteiger charge is 2.10. The summed E-state index contributed by atoms with van der Waals surface area (Å²) in [6, 6.07) is 6.79. The third-order valence-corrected chi connectivity index (χ3v) is 2.51. The number of anilines is 1. The van der Waals surface area contributed by atoms with Crippen LogP contribution in [0, 0.1) is 0 Å². The molecule has 0 bridgehead atoms. The van der Waals surface area contributed by atoms with E-state index in [2.05, 4.69) is 37.4 Å². The minimum absolute atomic E-state index is 0. The summed E-state index contributed by atoms with van der Waals surface area (Å²) in [5.74, 6) is 0.637. The van der Waals surface area contributed by atoms with Crippen LogP contribution >= 0.6 is 0 Å². The first-order valence-corrected chi connectivity index (χ1v) is 4.64. The molecule has 66 valence electrons. The van der Waals surface area contributed by atoms with Crippen molar-refractivity contribution < 1.29 is 1.43 Å². The molecule has 0 spiro atoms. The Labute approximate surface area is 75.3 Å². The monoisotopic (exact) mass is 163 g/mol. The number of hydrogen-bond acceptors (Lipinski definition) is 1. The van der Waals surface area contributed by atoms with Crippen molar-refractivity contribution in [3.63, 3.8) is 0 Å². The van der Waals surface area contributed by atoms with E-state index < -0.39 is 0 Å². The molecule has 2 rings (SSSR count). The summed E-state index contributed by atoms with van der Waals surface area (Å²) in [7, 11) is 0. The van der Waals surface area contributed by atoms with E-state index in [1.165, 1.54) is 23.2 Å². The van der Waals surface area contributed by atoms with Crippen LogP contribution in [-0.4, -0.2) is 6.54 Å². The number of nitrogens with one attached hydrogen (secondary N) is 1. The Morgan fingerprint density at radius 2 is 2.25 bits per heavy atom. The fourth-order valence-electron chi connectivity index (χ4n) is 1.67. The van der Waals surface area contributed by atoms with Crippen LogP contribution < -0.4 is 5.32 Å². The summed E-state index contributed by atoms with van der Waals surface area (Å²) < 4.78 is 0. The Balaban J connectivity index is 0.000000845. The molecule has 1 aliphatic heterocycles. The second-order valence-electron chi connectivity index (χ2n) is 3.75. The predicted octanol–water partition coefficient (Wildman–Crippen LogP) is 3.02. The van der Waals surface area contributed by atoms with Crippen molar-refractivity contribution in [2.24, 2.45) is 0 Å². The highest BCUT2D eigenvalue weighted by molar-refractivity contribution is 5.57. The van der Waals surface area contributed by atoms with Crippen molar-refractivity contribution in [3.8, 4) is 0 Å². The summed E-state index contributed by atoms with van der Waals surface area (Å²) in [4.78, 5) is 0. The molecule has 0 radical (unpaired) electrons. The van der Waals surface area contributed by atoms with E-state index in [0.29, 0.717) is 5.92 Å². The van der Waals surface area contributed by atoms with Crippen LogP contribution in [-0.2, 0) is 6.42 Å². The lowest BCUT2D eigenvalue weighted by Crippen LogP contribution is -1.92. The van der Waals surface area contributed by atoms with Crippen molar-refractivity contribution in [2.45, 2.75) is 26.2 Å². The van der Waals surface area contributed by atoms with E-state index in [1.807, 2.05) is 0 Å². The molecule has 12 heavy (non-hydrogen) atoms. The minimum Gasteiger partial charge on any atom is -0.384 e. The standard InChI is InChI=1S/C11H15N.H2/c1-8(2)10-4-3-9-5-6-12-11(9)7-10;/h3-4,7-8,12H,5-6H2,1-2H3;1H. The smallest absolute Gasteiger partial charge is 0.0376 e. The van der Waals surface area contributed by atoms with Gasteiger partial charge in [-0.1, -0.05) is 26.0 Å². The van der Waals surface area contributed by atoms with Gasteiger partial charge in [0.1, 0.15) is 0 Å². The second-order valence-corrected chi connectivity index (χ2v) is 3.75. The molecule has 1 N–H and O–H groups in total. The first-order chi connectivity index (χ1) is 5.77. The highest BCUT2D eigenvalue weighted by atomic mass is 14.9. The van der Waals surface area contributed by atoms with Crippen LogP contribution in [0.1, 0.15) is 32.3 Å². The molecule has 1 heterocycles. The third-order valence-electron chi connectivity index (χ3n) is 2.51. The zero-order chi connectivity index (χ0) is 8.55. The highest BCUT2D eigenvalue weighted by Crippen LogP contribution is 2.26. The second kappa shape index (κ2) is 2.81. The molecule has 0 saturated heterocycles. The zero-order valence-electron chi connectivity index (χ0n) is 7.72. The number of fused-ring (bicyclic) bond motifs is 1. The van der Waals surface area contributed by atoms with E-state index >= 15 is 0 Å². The van der Waals surface area contributed by atoms with Crippen molar-refractivity contribution >= 4 is 5.69 Å². The van der Waals surface area contributed by atoms with Gasteiger partial charge in [0, 0.05) is 13.7 Å². The van der Waals surface area contributed by atoms with Gasteiger partial charge in [-0.15, -0.1) is 0 Å². The van der Waals surface area contributed by atoms with Crippen molar-refractivity contribution in [3.05, 3.63) is 29.3 Å². The average Bonchev–Trinajstić information content (AvgIpc) is 2.49. The SMILES string of the molecule is CC(C)c1ccc2c(c1)NCC2.[HH]. The fourth-order valence-corrected chi connectivity index (χ4v) is 1.67. The van der Waals surface area contributed by atoms with Gasteiger partial charge >= 0.3 is 0 Å². The van der Waals surface area contributed by atoms with Gasteiger partial charge in [-0.25, -0.2) is 0 Å². The van der Waals surface area contributed by atoms with Crippen LogP contribution in [0.5, 0.6) is 0 Å². The molecular formula is C11H17N. The lowest BCUT2D eigenvalue weighted by Gasteiger charge is -2.07. The van der Waals surface area contributed by atoms with E-state index in [1.54, 1.807) is 0 Å². The molecule has 0 atom stereocenters.